The van der Waals surface area contributed by atoms with Crippen LogP contribution in [0.15, 0.2) is 27.9 Å². The van der Waals surface area contributed by atoms with E-state index in [1.807, 2.05) is 22.8 Å². The highest BCUT2D eigenvalue weighted by Gasteiger charge is 2.28. The Morgan fingerprint density at radius 2 is 2.31 bits per heavy atom. The lowest BCUT2D eigenvalue weighted by Crippen LogP contribution is -2.40. The number of hydrogen-bond donors (Lipinski definition) is 0. The summed E-state index contributed by atoms with van der Waals surface area (Å²) in [5, 5.41) is 9.61. The first-order valence-electron chi connectivity index (χ1n) is 8.64. The van der Waals surface area contributed by atoms with Gasteiger partial charge in [0.25, 0.3) is 0 Å². The van der Waals surface area contributed by atoms with Gasteiger partial charge < -0.3 is 9.47 Å². The Kier molecular flexibility index (Phi) is 4.79. The maximum absolute atomic E-state index is 12.7. The lowest BCUT2D eigenvalue weighted by Gasteiger charge is -2.32. The number of thiazole rings is 1. The van der Waals surface area contributed by atoms with Gasteiger partial charge in [-0.1, -0.05) is 10.3 Å². The van der Waals surface area contributed by atoms with Gasteiger partial charge in [0.05, 0.1) is 24.2 Å². The number of amides is 1. The van der Waals surface area contributed by atoms with E-state index in [9.17, 15) is 4.79 Å². The molecule has 1 aliphatic heterocycles. The molecule has 0 radical (unpaired) electrons. The summed E-state index contributed by atoms with van der Waals surface area (Å²) in [4.78, 5) is 23.5. The molecule has 136 valence electrons. The number of imidazole rings is 1. The minimum atomic E-state index is 0.0612. The van der Waals surface area contributed by atoms with Crippen LogP contribution in [0.1, 0.15) is 41.7 Å². The normalized spacial score (nSPS) is 17.6. The third kappa shape index (κ3) is 3.52. The standard InChI is InChI=1S/C17H20N6O2S/c1-12-15(21-25-20-12)7-16(24)22-5-2-3-13(8-22)17-18-4-6-23(17)9-14-10-26-11-19-14/h4,6,10-11,13H,2-3,5,7-9H2,1H3/t13-/m1/s1. The molecule has 3 aromatic heterocycles. The van der Waals surface area contributed by atoms with Crippen LogP contribution < -0.4 is 0 Å². The van der Waals surface area contributed by atoms with E-state index in [4.69, 9.17) is 4.63 Å². The van der Waals surface area contributed by atoms with Gasteiger partial charge in [0, 0.05) is 36.8 Å². The third-order valence-corrected chi connectivity index (χ3v) is 5.40. The summed E-state index contributed by atoms with van der Waals surface area (Å²) in [6, 6.07) is 0. The zero-order valence-corrected chi connectivity index (χ0v) is 15.4. The van der Waals surface area contributed by atoms with Crippen molar-refractivity contribution in [2.75, 3.05) is 13.1 Å². The van der Waals surface area contributed by atoms with Crippen LogP contribution in [0, 0.1) is 6.92 Å². The van der Waals surface area contributed by atoms with Crippen molar-refractivity contribution in [3.63, 3.8) is 0 Å². The van der Waals surface area contributed by atoms with E-state index in [0.717, 1.165) is 30.9 Å². The number of carbonyl (C=O) groups is 1. The summed E-state index contributed by atoms with van der Waals surface area (Å²) in [5.74, 6) is 1.32. The van der Waals surface area contributed by atoms with E-state index >= 15 is 0 Å². The first-order chi connectivity index (χ1) is 12.7. The van der Waals surface area contributed by atoms with Crippen molar-refractivity contribution in [1.82, 2.24) is 29.7 Å². The maximum Gasteiger partial charge on any atom is 0.228 e. The number of hydrogen-bond acceptors (Lipinski definition) is 7. The first-order valence-corrected chi connectivity index (χ1v) is 9.59. The van der Waals surface area contributed by atoms with Crippen LogP contribution in [0.2, 0.25) is 0 Å². The van der Waals surface area contributed by atoms with Gasteiger partial charge >= 0.3 is 0 Å². The minimum absolute atomic E-state index is 0.0612. The van der Waals surface area contributed by atoms with E-state index < -0.39 is 0 Å². The molecule has 0 saturated carbocycles. The highest BCUT2D eigenvalue weighted by molar-refractivity contribution is 7.07. The van der Waals surface area contributed by atoms with E-state index in [1.54, 1.807) is 18.3 Å². The van der Waals surface area contributed by atoms with Gasteiger partial charge in [0.2, 0.25) is 5.91 Å². The molecule has 1 aliphatic rings. The highest BCUT2D eigenvalue weighted by Crippen LogP contribution is 2.26. The molecule has 26 heavy (non-hydrogen) atoms. The number of aryl methyl sites for hydroxylation is 1. The molecule has 0 spiro atoms. The largest absolute Gasteiger partial charge is 0.342 e. The summed E-state index contributed by atoms with van der Waals surface area (Å²) in [6.45, 7) is 3.96. The maximum atomic E-state index is 12.7. The molecule has 4 rings (SSSR count). The average molecular weight is 372 g/mol. The Morgan fingerprint density at radius 3 is 3.08 bits per heavy atom. The second kappa shape index (κ2) is 7.36. The van der Waals surface area contributed by atoms with Gasteiger partial charge in [-0.15, -0.1) is 11.3 Å². The lowest BCUT2D eigenvalue weighted by molar-refractivity contribution is -0.131. The van der Waals surface area contributed by atoms with Crippen molar-refractivity contribution >= 4 is 17.2 Å². The Labute approximate surface area is 154 Å². The molecule has 1 amide bonds. The minimum Gasteiger partial charge on any atom is -0.342 e. The fourth-order valence-corrected chi connectivity index (χ4v) is 3.93. The smallest absolute Gasteiger partial charge is 0.228 e. The summed E-state index contributed by atoms with van der Waals surface area (Å²) in [6.07, 6.45) is 6.04. The molecule has 0 aromatic carbocycles. The molecule has 3 aromatic rings. The third-order valence-electron chi connectivity index (χ3n) is 4.77. The predicted molar refractivity (Wildman–Crippen MR) is 94.7 cm³/mol. The van der Waals surface area contributed by atoms with E-state index in [0.29, 0.717) is 24.5 Å². The summed E-state index contributed by atoms with van der Waals surface area (Å²) in [5.41, 5.74) is 4.16. The van der Waals surface area contributed by atoms with Crippen LogP contribution in [-0.4, -0.2) is 48.7 Å². The molecule has 8 nitrogen and oxygen atoms in total. The van der Waals surface area contributed by atoms with Crippen molar-refractivity contribution in [3.8, 4) is 0 Å². The zero-order valence-electron chi connectivity index (χ0n) is 14.5. The van der Waals surface area contributed by atoms with Crippen LogP contribution in [-0.2, 0) is 17.8 Å². The molecule has 0 bridgehead atoms. The van der Waals surface area contributed by atoms with Crippen LogP contribution in [0.4, 0.5) is 0 Å². The Morgan fingerprint density at radius 1 is 1.38 bits per heavy atom. The number of piperidine rings is 1. The second-order valence-corrected chi connectivity index (χ2v) is 7.26. The summed E-state index contributed by atoms with van der Waals surface area (Å²) < 4.78 is 6.83. The van der Waals surface area contributed by atoms with Gasteiger partial charge in [0.1, 0.15) is 17.2 Å². The highest BCUT2D eigenvalue weighted by atomic mass is 32.1. The van der Waals surface area contributed by atoms with E-state index in [-0.39, 0.29) is 18.2 Å². The molecule has 9 heteroatoms. The SMILES string of the molecule is Cc1nonc1CC(=O)N1CCC[C@@H](c2nccn2Cc2cscn2)C1. The average Bonchev–Trinajstić information content (AvgIpc) is 3.39. The van der Waals surface area contributed by atoms with Gasteiger partial charge in [-0.3, -0.25) is 4.79 Å². The predicted octanol–water partition coefficient (Wildman–Crippen LogP) is 2.03. The van der Waals surface area contributed by atoms with Crippen molar-refractivity contribution < 1.29 is 9.42 Å². The Hall–Kier alpha value is -2.55. The molecule has 0 aliphatic carbocycles. The van der Waals surface area contributed by atoms with E-state index in [1.165, 1.54) is 0 Å². The lowest BCUT2D eigenvalue weighted by atomic mass is 9.96. The van der Waals surface area contributed by atoms with Crippen molar-refractivity contribution in [2.45, 2.75) is 38.6 Å². The Bertz CT molecular complexity index is 872. The molecule has 1 atom stereocenters. The van der Waals surface area contributed by atoms with Crippen LogP contribution in [0.3, 0.4) is 0 Å². The second-order valence-electron chi connectivity index (χ2n) is 6.55. The van der Waals surface area contributed by atoms with Gasteiger partial charge in [-0.2, -0.15) is 0 Å². The molecular weight excluding hydrogens is 352 g/mol. The first kappa shape index (κ1) is 16.9. The number of aromatic nitrogens is 5. The van der Waals surface area contributed by atoms with Crippen molar-refractivity contribution in [1.29, 1.82) is 0 Å². The molecular formula is C17H20N6O2S. The van der Waals surface area contributed by atoms with Crippen molar-refractivity contribution in [3.05, 3.63) is 46.2 Å². The van der Waals surface area contributed by atoms with E-state index in [2.05, 4.69) is 30.2 Å². The fraction of sp³-hybridized carbons (Fsp3) is 0.471. The van der Waals surface area contributed by atoms with Crippen molar-refractivity contribution in [2.24, 2.45) is 0 Å². The molecule has 0 N–H and O–H groups in total. The van der Waals surface area contributed by atoms with Crippen LogP contribution in [0.25, 0.3) is 0 Å². The van der Waals surface area contributed by atoms with Gasteiger partial charge in [0.15, 0.2) is 0 Å². The van der Waals surface area contributed by atoms with Crippen LogP contribution >= 0.6 is 11.3 Å². The zero-order chi connectivity index (χ0) is 17.9. The number of carbonyl (C=O) groups excluding carboxylic acids is 1. The molecule has 1 saturated heterocycles. The van der Waals surface area contributed by atoms with Gasteiger partial charge in [-0.05, 0) is 19.8 Å². The molecule has 1 fully saturated rings. The Balaban J connectivity index is 1.45. The number of likely N-dealkylation sites (tertiary alicyclic amines) is 1. The van der Waals surface area contributed by atoms with Crippen LogP contribution in [0.5, 0.6) is 0 Å². The molecule has 0 unspecified atom stereocenters. The topological polar surface area (TPSA) is 89.9 Å². The summed E-state index contributed by atoms with van der Waals surface area (Å²) >= 11 is 1.59. The number of nitrogens with zero attached hydrogens (tertiary/aromatic N) is 6. The quantitative estimate of drug-likeness (QED) is 0.681. The monoisotopic (exact) mass is 372 g/mol. The fourth-order valence-electron chi connectivity index (χ4n) is 3.38. The number of rotatable bonds is 5. The summed E-state index contributed by atoms with van der Waals surface area (Å²) in [7, 11) is 0. The molecule has 4 heterocycles. The van der Waals surface area contributed by atoms with Gasteiger partial charge in [-0.25, -0.2) is 14.6 Å².